The number of hydrogen-bond acceptors (Lipinski definition) is 7. The summed E-state index contributed by atoms with van der Waals surface area (Å²) in [4.78, 5) is 22.1. The van der Waals surface area contributed by atoms with Gasteiger partial charge in [0, 0.05) is 30.7 Å². The number of pyridine rings is 2. The Morgan fingerprint density at radius 3 is 2.39 bits per heavy atom. The quantitative estimate of drug-likeness (QED) is 0.324. The number of imidazole rings is 1. The van der Waals surface area contributed by atoms with Gasteiger partial charge in [-0.25, -0.2) is 18.2 Å². The SMILES string of the molecule is COc1ccc(CCn2c(=O)n(C)c3c4cc(-c5cnc(OC)c(NS(C)(=O)=O)c5)ccc4ncc32)cc1. The first-order chi connectivity index (χ1) is 18.2. The number of anilines is 1. The molecule has 5 rings (SSSR count). The number of methoxy groups -OCH3 is 2. The standard InChI is InChI=1S/C27H27N5O5S/c1-31-25-21-13-18(19-14-23(30-38(4,34)35)26(37-3)29-15-19)7-10-22(21)28-16-24(25)32(27(31)33)12-11-17-5-8-20(36-2)9-6-17/h5-10,13-16,30H,11-12H2,1-4H3. The van der Waals surface area contributed by atoms with Crippen LogP contribution in [0.1, 0.15) is 5.56 Å². The maximum Gasteiger partial charge on any atom is 0.328 e. The fraction of sp³-hybridized carbons (Fsp3) is 0.222. The lowest BCUT2D eigenvalue weighted by Gasteiger charge is -2.11. The molecule has 0 unspecified atom stereocenters. The summed E-state index contributed by atoms with van der Waals surface area (Å²) in [6.07, 6.45) is 5.09. The average Bonchev–Trinajstić information content (AvgIpc) is 3.15. The molecule has 1 N–H and O–H groups in total. The number of hydrogen-bond donors (Lipinski definition) is 1. The second-order valence-corrected chi connectivity index (χ2v) is 10.7. The second-order valence-electron chi connectivity index (χ2n) is 8.97. The molecule has 0 aliphatic carbocycles. The Morgan fingerprint density at radius 2 is 1.71 bits per heavy atom. The van der Waals surface area contributed by atoms with Crippen molar-refractivity contribution in [3.05, 3.63) is 77.0 Å². The van der Waals surface area contributed by atoms with Crippen LogP contribution >= 0.6 is 0 Å². The van der Waals surface area contributed by atoms with Gasteiger partial charge in [0.25, 0.3) is 0 Å². The van der Waals surface area contributed by atoms with Crippen molar-refractivity contribution in [2.24, 2.45) is 7.05 Å². The summed E-state index contributed by atoms with van der Waals surface area (Å²) < 4.78 is 39.9. The van der Waals surface area contributed by atoms with Gasteiger partial charge in [0.05, 0.1) is 43.2 Å². The predicted octanol–water partition coefficient (Wildman–Crippen LogP) is 3.58. The minimum absolute atomic E-state index is 0.126. The summed E-state index contributed by atoms with van der Waals surface area (Å²) in [6, 6.07) is 15.2. The first-order valence-corrected chi connectivity index (χ1v) is 13.7. The highest BCUT2D eigenvalue weighted by molar-refractivity contribution is 7.92. The van der Waals surface area contributed by atoms with Gasteiger partial charge in [-0.2, -0.15) is 0 Å². The number of fused-ring (bicyclic) bond motifs is 3. The Balaban J connectivity index is 1.57. The summed E-state index contributed by atoms with van der Waals surface area (Å²) >= 11 is 0. The third-order valence-corrected chi connectivity index (χ3v) is 7.01. The zero-order chi connectivity index (χ0) is 27.0. The number of sulfonamides is 1. The third kappa shape index (κ3) is 4.80. The van der Waals surface area contributed by atoms with E-state index >= 15 is 0 Å². The van der Waals surface area contributed by atoms with Crippen molar-refractivity contribution in [3.8, 4) is 22.8 Å². The maximum absolute atomic E-state index is 13.2. The minimum atomic E-state index is -3.54. The Bertz CT molecular complexity index is 1830. The van der Waals surface area contributed by atoms with Crippen molar-refractivity contribution in [2.45, 2.75) is 13.0 Å². The molecule has 0 amide bonds. The molecule has 196 valence electrons. The van der Waals surface area contributed by atoms with Crippen LogP contribution in [0.2, 0.25) is 0 Å². The first-order valence-electron chi connectivity index (χ1n) is 11.8. The van der Waals surface area contributed by atoms with Crippen LogP contribution in [0.25, 0.3) is 33.1 Å². The van der Waals surface area contributed by atoms with Crippen molar-refractivity contribution < 1.29 is 17.9 Å². The van der Waals surface area contributed by atoms with E-state index in [1.54, 1.807) is 41.8 Å². The van der Waals surface area contributed by atoms with Gasteiger partial charge >= 0.3 is 5.69 Å². The molecule has 0 saturated heterocycles. The van der Waals surface area contributed by atoms with E-state index < -0.39 is 10.0 Å². The molecule has 0 saturated carbocycles. The number of aromatic nitrogens is 4. The molecule has 0 fully saturated rings. The minimum Gasteiger partial charge on any atom is -0.497 e. The highest BCUT2D eigenvalue weighted by Gasteiger charge is 2.16. The highest BCUT2D eigenvalue weighted by Crippen LogP contribution is 2.32. The van der Waals surface area contributed by atoms with E-state index in [2.05, 4.69) is 14.7 Å². The Hall–Kier alpha value is -4.38. The van der Waals surface area contributed by atoms with Crippen molar-refractivity contribution >= 4 is 37.6 Å². The predicted molar refractivity (Wildman–Crippen MR) is 147 cm³/mol. The normalized spacial score (nSPS) is 11.7. The lowest BCUT2D eigenvalue weighted by Crippen LogP contribution is -2.23. The van der Waals surface area contributed by atoms with Gasteiger partial charge in [-0.05, 0) is 47.9 Å². The molecule has 10 nitrogen and oxygen atoms in total. The monoisotopic (exact) mass is 533 g/mol. The lowest BCUT2D eigenvalue weighted by molar-refractivity contribution is 0.400. The highest BCUT2D eigenvalue weighted by atomic mass is 32.2. The van der Waals surface area contributed by atoms with E-state index in [9.17, 15) is 13.2 Å². The van der Waals surface area contributed by atoms with Crippen LogP contribution in [-0.2, 0) is 30.0 Å². The van der Waals surface area contributed by atoms with E-state index in [-0.39, 0.29) is 17.3 Å². The van der Waals surface area contributed by atoms with E-state index in [4.69, 9.17) is 9.47 Å². The summed E-state index contributed by atoms with van der Waals surface area (Å²) in [5.41, 5.74) is 4.92. The van der Waals surface area contributed by atoms with Crippen molar-refractivity contribution in [1.29, 1.82) is 0 Å². The average molecular weight is 534 g/mol. The molecule has 0 atom stereocenters. The van der Waals surface area contributed by atoms with Crippen LogP contribution in [0.3, 0.4) is 0 Å². The van der Waals surface area contributed by atoms with E-state index in [1.165, 1.54) is 7.11 Å². The topological polar surface area (TPSA) is 117 Å². The van der Waals surface area contributed by atoms with Gasteiger partial charge in [-0.1, -0.05) is 18.2 Å². The number of nitrogens with zero attached hydrogens (tertiary/aromatic N) is 4. The van der Waals surface area contributed by atoms with Gasteiger partial charge in [-0.15, -0.1) is 0 Å². The molecule has 11 heteroatoms. The Morgan fingerprint density at radius 1 is 0.947 bits per heavy atom. The number of nitrogens with one attached hydrogen (secondary N) is 1. The summed E-state index contributed by atoms with van der Waals surface area (Å²) in [5, 5.41) is 0.802. The molecule has 38 heavy (non-hydrogen) atoms. The maximum atomic E-state index is 13.2. The zero-order valence-electron chi connectivity index (χ0n) is 21.4. The molecule has 0 radical (unpaired) electrons. The molecule has 5 aromatic rings. The van der Waals surface area contributed by atoms with Gasteiger partial charge < -0.3 is 9.47 Å². The van der Waals surface area contributed by atoms with Crippen LogP contribution in [0.5, 0.6) is 11.6 Å². The molecule has 2 aromatic carbocycles. The van der Waals surface area contributed by atoms with E-state index in [0.717, 1.165) is 45.1 Å². The van der Waals surface area contributed by atoms with Crippen molar-refractivity contribution in [2.75, 3.05) is 25.2 Å². The second kappa shape index (κ2) is 9.82. The Labute approximate surface area is 219 Å². The zero-order valence-corrected chi connectivity index (χ0v) is 22.2. The van der Waals surface area contributed by atoms with Crippen LogP contribution in [0.4, 0.5) is 5.69 Å². The third-order valence-electron chi connectivity index (χ3n) is 6.42. The van der Waals surface area contributed by atoms with Gasteiger partial charge in [-0.3, -0.25) is 18.8 Å². The smallest absolute Gasteiger partial charge is 0.328 e. The summed E-state index contributed by atoms with van der Waals surface area (Å²) in [5.74, 6) is 0.953. The molecule has 0 spiro atoms. The number of ether oxygens (including phenoxy) is 2. The number of aryl methyl sites for hydroxylation is 3. The molecule has 0 aliphatic rings. The molecular weight excluding hydrogens is 506 g/mol. The lowest BCUT2D eigenvalue weighted by atomic mass is 10.0. The Kier molecular flexibility index (Phi) is 6.53. The van der Waals surface area contributed by atoms with Crippen LogP contribution in [0.15, 0.2) is 65.7 Å². The fourth-order valence-electron chi connectivity index (χ4n) is 4.57. The summed E-state index contributed by atoms with van der Waals surface area (Å²) in [7, 11) is 1.27. The number of benzene rings is 2. The van der Waals surface area contributed by atoms with Crippen LogP contribution < -0.4 is 19.9 Å². The number of rotatable bonds is 8. The molecular formula is C27H27N5O5S. The fourth-order valence-corrected chi connectivity index (χ4v) is 5.12. The largest absolute Gasteiger partial charge is 0.497 e. The van der Waals surface area contributed by atoms with E-state index in [1.807, 2.05) is 42.5 Å². The molecule has 3 heterocycles. The van der Waals surface area contributed by atoms with Gasteiger partial charge in [0.15, 0.2) is 0 Å². The van der Waals surface area contributed by atoms with Crippen LogP contribution in [-0.4, -0.2) is 48.0 Å². The van der Waals surface area contributed by atoms with Gasteiger partial charge in [0.2, 0.25) is 15.9 Å². The van der Waals surface area contributed by atoms with Crippen LogP contribution in [0, 0.1) is 0 Å². The molecule has 3 aromatic heterocycles. The van der Waals surface area contributed by atoms with Gasteiger partial charge in [0.1, 0.15) is 11.4 Å². The molecule has 0 aliphatic heterocycles. The summed E-state index contributed by atoms with van der Waals surface area (Å²) in [6.45, 7) is 0.498. The van der Waals surface area contributed by atoms with E-state index in [0.29, 0.717) is 18.5 Å². The molecule has 0 bridgehead atoms. The van der Waals surface area contributed by atoms with Crippen molar-refractivity contribution in [1.82, 2.24) is 19.1 Å². The van der Waals surface area contributed by atoms with Crippen molar-refractivity contribution in [3.63, 3.8) is 0 Å². The first kappa shape index (κ1) is 25.3.